The molecule has 1 N–H and O–H groups in total. The second kappa shape index (κ2) is 5.51. The number of nitriles is 1. The molecule has 0 bridgehead atoms. The lowest BCUT2D eigenvalue weighted by atomic mass is 10.2. The van der Waals surface area contributed by atoms with E-state index >= 15 is 0 Å². The van der Waals surface area contributed by atoms with Gasteiger partial charge in [-0.2, -0.15) is 10.4 Å². The Balaban J connectivity index is 1.81. The first-order valence-electron chi connectivity index (χ1n) is 6.51. The number of rotatable bonds is 4. The molecular weight excluding hydrogens is 264 g/mol. The van der Waals surface area contributed by atoms with E-state index in [1.54, 1.807) is 11.0 Å². The van der Waals surface area contributed by atoms with E-state index in [4.69, 9.17) is 5.26 Å². The summed E-state index contributed by atoms with van der Waals surface area (Å²) in [6.45, 7) is 0.640. The minimum Gasteiger partial charge on any atom is -0.379 e. The lowest BCUT2D eigenvalue weighted by molar-refractivity contribution is 0.877. The molecule has 0 aliphatic heterocycles. The van der Waals surface area contributed by atoms with Gasteiger partial charge in [0.25, 0.3) is 0 Å². The summed E-state index contributed by atoms with van der Waals surface area (Å²) in [5.41, 5.74) is 3.61. The van der Waals surface area contributed by atoms with Crippen LogP contribution in [0, 0.1) is 11.3 Å². The van der Waals surface area contributed by atoms with E-state index in [9.17, 15) is 0 Å². The van der Waals surface area contributed by atoms with Crippen molar-refractivity contribution in [2.45, 2.75) is 6.54 Å². The first-order valence-corrected chi connectivity index (χ1v) is 6.51. The first-order chi connectivity index (χ1) is 10.3. The van der Waals surface area contributed by atoms with Crippen molar-refractivity contribution in [1.82, 2.24) is 19.3 Å². The van der Waals surface area contributed by atoms with E-state index in [0.29, 0.717) is 12.2 Å². The molecule has 21 heavy (non-hydrogen) atoms. The number of benzene rings is 1. The molecule has 0 radical (unpaired) electrons. The number of hydrogen-bond donors (Lipinski definition) is 1. The minimum absolute atomic E-state index is 0.640. The third-order valence-electron chi connectivity index (χ3n) is 3.23. The molecule has 3 aromatic rings. The van der Waals surface area contributed by atoms with Gasteiger partial charge < -0.3 is 9.88 Å². The van der Waals surface area contributed by atoms with E-state index in [2.05, 4.69) is 21.5 Å². The summed E-state index contributed by atoms with van der Waals surface area (Å²) in [6.07, 6.45) is 5.12. The van der Waals surface area contributed by atoms with Crippen LogP contribution in [0.3, 0.4) is 0 Å². The van der Waals surface area contributed by atoms with Gasteiger partial charge in [-0.1, -0.05) is 12.1 Å². The number of nitrogens with one attached hydrogen (secondary N) is 1. The molecule has 0 saturated carbocycles. The zero-order valence-electron chi connectivity index (χ0n) is 11.6. The van der Waals surface area contributed by atoms with Crippen LogP contribution in [0.1, 0.15) is 11.3 Å². The van der Waals surface area contributed by atoms with Crippen LogP contribution >= 0.6 is 0 Å². The highest BCUT2D eigenvalue weighted by Crippen LogP contribution is 2.19. The van der Waals surface area contributed by atoms with Crippen molar-refractivity contribution in [1.29, 1.82) is 5.26 Å². The maximum atomic E-state index is 8.98. The van der Waals surface area contributed by atoms with Crippen LogP contribution in [0.2, 0.25) is 0 Å². The van der Waals surface area contributed by atoms with E-state index in [0.717, 1.165) is 16.9 Å². The zero-order valence-corrected chi connectivity index (χ0v) is 11.6. The first kappa shape index (κ1) is 12.9. The van der Waals surface area contributed by atoms with Crippen molar-refractivity contribution in [2.24, 2.45) is 7.05 Å². The molecule has 0 aliphatic carbocycles. The van der Waals surface area contributed by atoms with E-state index < -0.39 is 0 Å². The predicted octanol–water partition coefficient (Wildman–Crippen LogP) is 2.09. The van der Waals surface area contributed by atoms with Gasteiger partial charge in [-0.05, 0) is 23.8 Å². The highest BCUT2D eigenvalue weighted by molar-refractivity contribution is 5.60. The molecule has 0 atom stereocenters. The lowest BCUT2D eigenvalue weighted by Gasteiger charge is -2.10. The molecule has 1 aromatic carbocycles. The van der Waals surface area contributed by atoms with Crippen molar-refractivity contribution in [2.75, 3.05) is 5.32 Å². The molecule has 2 heterocycles. The number of nitrogens with zero attached hydrogens (tertiary/aromatic N) is 5. The normalized spacial score (nSPS) is 10.3. The lowest BCUT2D eigenvalue weighted by Crippen LogP contribution is -2.04. The summed E-state index contributed by atoms with van der Waals surface area (Å²) in [4.78, 5) is 3.97. The van der Waals surface area contributed by atoms with E-state index in [-0.39, 0.29) is 0 Å². The SMILES string of the molecule is Cn1cc(CNc2ccccc2-n2cncn2)cc1C#N. The van der Waals surface area contributed by atoms with Gasteiger partial charge in [0.05, 0.1) is 11.4 Å². The zero-order chi connectivity index (χ0) is 14.7. The van der Waals surface area contributed by atoms with Gasteiger partial charge >= 0.3 is 0 Å². The average molecular weight is 278 g/mol. The highest BCUT2D eigenvalue weighted by Gasteiger charge is 2.06. The molecule has 6 heteroatoms. The van der Waals surface area contributed by atoms with Crippen LogP contribution in [0.5, 0.6) is 0 Å². The molecule has 0 amide bonds. The fourth-order valence-electron chi connectivity index (χ4n) is 2.19. The Morgan fingerprint density at radius 2 is 2.19 bits per heavy atom. The minimum atomic E-state index is 0.640. The molecule has 0 fully saturated rings. The summed E-state index contributed by atoms with van der Waals surface area (Å²) in [6, 6.07) is 11.9. The monoisotopic (exact) mass is 278 g/mol. The molecule has 6 nitrogen and oxygen atoms in total. The van der Waals surface area contributed by atoms with Crippen molar-refractivity contribution in [3.63, 3.8) is 0 Å². The van der Waals surface area contributed by atoms with Crippen LogP contribution in [-0.4, -0.2) is 19.3 Å². The second-order valence-corrected chi connectivity index (χ2v) is 4.67. The largest absolute Gasteiger partial charge is 0.379 e. The standard InChI is InChI=1S/C15H14N6/c1-20-9-12(6-13(20)7-16)8-18-14-4-2-3-5-15(14)21-11-17-10-19-21/h2-6,9-11,18H,8H2,1H3. The molecule has 0 aliphatic rings. The third kappa shape index (κ3) is 2.62. The number of aryl methyl sites for hydroxylation is 1. The molecule has 0 unspecified atom stereocenters. The predicted molar refractivity (Wildman–Crippen MR) is 78.8 cm³/mol. The third-order valence-corrected chi connectivity index (χ3v) is 3.23. The number of hydrogen-bond acceptors (Lipinski definition) is 4. The van der Waals surface area contributed by atoms with Gasteiger partial charge in [0.15, 0.2) is 0 Å². The fourth-order valence-corrected chi connectivity index (χ4v) is 2.19. The van der Waals surface area contributed by atoms with Crippen molar-refractivity contribution in [3.05, 3.63) is 60.4 Å². The molecule has 0 spiro atoms. The van der Waals surface area contributed by atoms with Crippen molar-refractivity contribution < 1.29 is 0 Å². The van der Waals surface area contributed by atoms with Crippen LogP contribution in [0.15, 0.2) is 49.2 Å². The maximum Gasteiger partial charge on any atom is 0.138 e. The van der Waals surface area contributed by atoms with Gasteiger partial charge in [-0.3, -0.25) is 0 Å². The highest BCUT2D eigenvalue weighted by atomic mass is 15.3. The second-order valence-electron chi connectivity index (χ2n) is 4.67. The van der Waals surface area contributed by atoms with Gasteiger partial charge in [0, 0.05) is 19.8 Å². The Morgan fingerprint density at radius 1 is 1.33 bits per heavy atom. The van der Waals surface area contributed by atoms with Gasteiger partial charge in [-0.15, -0.1) is 0 Å². The Morgan fingerprint density at radius 3 is 2.90 bits per heavy atom. The number of para-hydroxylation sites is 2. The van der Waals surface area contributed by atoms with Crippen molar-refractivity contribution >= 4 is 5.69 Å². The summed E-state index contributed by atoms with van der Waals surface area (Å²) in [5.74, 6) is 0. The van der Waals surface area contributed by atoms with Gasteiger partial charge in [0.2, 0.25) is 0 Å². The molecular formula is C15H14N6. The quantitative estimate of drug-likeness (QED) is 0.793. The topological polar surface area (TPSA) is 71.5 Å². The fraction of sp³-hybridized carbons (Fsp3) is 0.133. The summed E-state index contributed by atoms with van der Waals surface area (Å²) in [5, 5.41) is 16.5. The number of anilines is 1. The molecule has 104 valence electrons. The Labute approximate surface area is 122 Å². The van der Waals surface area contributed by atoms with Gasteiger partial charge in [-0.25, -0.2) is 9.67 Å². The Kier molecular flexibility index (Phi) is 3.39. The summed E-state index contributed by atoms with van der Waals surface area (Å²) >= 11 is 0. The van der Waals surface area contributed by atoms with Crippen LogP contribution in [0.4, 0.5) is 5.69 Å². The van der Waals surface area contributed by atoms with Gasteiger partial charge in [0.1, 0.15) is 24.4 Å². The van der Waals surface area contributed by atoms with E-state index in [1.165, 1.54) is 6.33 Å². The van der Waals surface area contributed by atoms with Crippen LogP contribution in [-0.2, 0) is 13.6 Å². The Bertz CT molecular complexity index is 779. The smallest absolute Gasteiger partial charge is 0.138 e. The van der Waals surface area contributed by atoms with Crippen LogP contribution < -0.4 is 5.32 Å². The maximum absolute atomic E-state index is 8.98. The molecule has 3 rings (SSSR count). The van der Waals surface area contributed by atoms with E-state index in [1.807, 2.05) is 48.1 Å². The Hall–Kier alpha value is -3.07. The van der Waals surface area contributed by atoms with Crippen LogP contribution in [0.25, 0.3) is 5.69 Å². The van der Waals surface area contributed by atoms with Crippen molar-refractivity contribution in [3.8, 4) is 11.8 Å². The summed E-state index contributed by atoms with van der Waals surface area (Å²) < 4.78 is 3.54. The average Bonchev–Trinajstić information content (AvgIpc) is 3.15. The molecule has 0 saturated heterocycles. The number of aromatic nitrogens is 4. The summed E-state index contributed by atoms with van der Waals surface area (Å²) in [7, 11) is 1.87. The molecule has 2 aromatic heterocycles.